The molecule has 0 saturated heterocycles. The first-order valence-electron chi connectivity index (χ1n) is 8.65. The third-order valence-electron chi connectivity index (χ3n) is 3.97. The number of aromatic nitrogens is 2. The van der Waals surface area contributed by atoms with E-state index in [-0.39, 0.29) is 18.0 Å². The molecule has 0 unspecified atom stereocenters. The highest BCUT2D eigenvalue weighted by molar-refractivity contribution is 7.89. The van der Waals surface area contributed by atoms with Gasteiger partial charge >= 0.3 is 0 Å². The molecule has 28 heavy (non-hydrogen) atoms. The molecule has 0 amide bonds. The van der Waals surface area contributed by atoms with Crippen LogP contribution in [0.15, 0.2) is 65.6 Å². The average molecular weight is 399 g/mol. The minimum Gasteiger partial charge on any atom is -0.497 e. The summed E-state index contributed by atoms with van der Waals surface area (Å²) in [5, 5.41) is 8.16. The molecule has 8 heteroatoms. The fourth-order valence-corrected chi connectivity index (χ4v) is 3.63. The van der Waals surface area contributed by atoms with Gasteiger partial charge in [-0.25, -0.2) is 13.1 Å². The SMILES string of the molecule is COc1ccc(-c2ccc(OCCNS(=O)(=O)c3cccc(C)c3)nn2)cc1. The van der Waals surface area contributed by atoms with Crippen LogP contribution in [0.5, 0.6) is 11.6 Å². The van der Waals surface area contributed by atoms with Gasteiger partial charge in [0, 0.05) is 18.2 Å². The molecule has 0 spiro atoms. The number of nitrogens with zero attached hydrogens (tertiary/aromatic N) is 2. The number of rotatable bonds is 8. The Kier molecular flexibility index (Phi) is 6.23. The number of sulfonamides is 1. The predicted octanol–water partition coefficient (Wildman–Crippen LogP) is 2.82. The van der Waals surface area contributed by atoms with Gasteiger partial charge in [0.2, 0.25) is 15.9 Å². The minimum absolute atomic E-state index is 0.123. The summed E-state index contributed by atoms with van der Waals surface area (Å²) in [5.74, 6) is 1.09. The van der Waals surface area contributed by atoms with E-state index in [1.165, 1.54) is 0 Å². The molecule has 1 heterocycles. The quantitative estimate of drug-likeness (QED) is 0.586. The number of aryl methyl sites for hydroxylation is 1. The van der Waals surface area contributed by atoms with Gasteiger partial charge in [0.25, 0.3) is 0 Å². The number of ether oxygens (including phenoxy) is 2. The fourth-order valence-electron chi connectivity index (χ4n) is 2.51. The van der Waals surface area contributed by atoms with Crippen molar-refractivity contribution in [2.45, 2.75) is 11.8 Å². The Bertz CT molecular complexity index is 1020. The highest BCUT2D eigenvalue weighted by Gasteiger charge is 2.13. The van der Waals surface area contributed by atoms with E-state index in [1.807, 2.05) is 37.3 Å². The molecule has 0 atom stereocenters. The summed E-state index contributed by atoms with van der Waals surface area (Å²) in [6.07, 6.45) is 0. The maximum atomic E-state index is 12.2. The summed E-state index contributed by atoms with van der Waals surface area (Å²) in [6, 6.07) is 17.7. The summed E-state index contributed by atoms with van der Waals surface area (Å²) in [7, 11) is -1.95. The summed E-state index contributed by atoms with van der Waals surface area (Å²) < 4.78 is 37.6. The smallest absolute Gasteiger partial charge is 0.240 e. The summed E-state index contributed by atoms with van der Waals surface area (Å²) >= 11 is 0. The van der Waals surface area contributed by atoms with Crippen LogP contribution in [0.25, 0.3) is 11.3 Å². The minimum atomic E-state index is -3.56. The highest BCUT2D eigenvalue weighted by Crippen LogP contribution is 2.21. The van der Waals surface area contributed by atoms with Gasteiger partial charge in [0.15, 0.2) is 0 Å². The van der Waals surface area contributed by atoms with Gasteiger partial charge < -0.3 is 9.47 Å². The monoisotopic (exact) mass is 399 g/mol. The molecule has 7 nitrogen and oxygen atoms in total. The van der Waals surface area contributed by atoms with Crippen LogP contribution in [0.4, 0.5) is 0 Å². The maximum absolute atomic E-state index is 12.2. The van der Waals surface area contributed by atoms with Crippen molar-refractivity contribution in [3.8, 4) is 22.9 Å². The van der Waals surface area contributed by atoms with Crippen LogP contribution < -0.4 is 14.2 Å². The van der Waals surface area contributed by atoms with Crippen LogP contribution >= 0.6 is 0 Å². The lowest BCUT2D eigenvalue weighted by molar-refractivity contribution is 0.307. The van der Waals surface area contributed by atoms with Crippen molar-refractivity contribution in [3.63, 3.8) is 0 Å². The zero-order valence-electron chi connectivity index (χ0n) is 15.6. The molecule has 0 fully saturated rings. The van der Waals surface area contributed by atoms with E-state index in [2.05, 4.69) is 14.9 Å². The Morgan fingerprint density at radius 1 is 1.00 bits per heavy atom. The third-order valence-corrected chi connectivity index (χ3v) is 5.43. The van der Waals surface area contributed by atoms with E-state index in [0.29, 0.717) is 11.6 Å². The topological polar surface area (TPSA) is 90.4 Å². The van der Waals surface area contributed by atoms with E-state index in [4.69, 9.17) is 9.47 Å². The van der Waals surface area contributed by atoms with E-state index >= 15 is 0 Å². The standard InChI is InChI=1S/C20H21N3O4S/c1-15-4-3-5-18(14-15)28(24,25)21-12-13-27-20-11-10-19(22-23-20)16-6-8-17(26-2)9-7-16/h3-11,14,21H,12-13H2,1-2H3. The number of nitrogens with one attached hydrogen (secondary N) is 1. The number of hydrogen-bond donors (Lipinski definition) is 1. The molecule has 2 aromatic carbocycles. The van der Waals surface area contributed by atoms with E-state index in [1.54, 1.807) is 37.4 Å². The van der Waals surface area contributed by atoms with Gasteiger partial charge in [0.1, 0.15) is 12.4 Å². The molecule has 3 rings (SSSR count). The first-order chi connectivity index (χ1) is 13.5. The van der Waals surface area contributed by atoms with Gasteiger partial charge in [-0.2, -0.15) is 0 Å². The lowest BCUT2D eigenvalue weighted by atomic mass is 10.1. The molecule has 0 saturated carbocycles. The molecule has 0 aliphatic heterocycles. The normalized spacial score (nSPS) is 11.2. The molecule has 0 radical (unpaired) electrons. The van der Waals surface area contributed by atoms with Crippen molar-refractivity contribution in [2.24, 2.45) is 0 Å². The third kappa shape index (κ3) is 5.05. The van der Waals surface area contributed by atoms with Crippen LogP contribution in [-0.2, 0) is 10.0 Å². The van der Waals surface area contributed by atoms with Crippen LogP contribution in [0, 0.1) is 6.92 Å². The highest BCUT2D eigenvalue weighted by atomic mass is 32.2. The predicted molar refractivity (Wildman–Crippen MR) is 106 cm³/mol. The van der Waals surface area contributed by atoms with E-state index in [0.717, 1.165) is 16.9 Å². The van der Waals surface area contributed by atoms with Gasteiger partial charge in [-0.05, 0) is 55.0 Å². The van der Waals surface area contributed by atoms with Gasteiger partial charge in [-0.3, -0.25) is 0 Å². The molecule has 0 bridgehead atoms. The maximum Gasteiger partial charge on any atom is 0.240 e. The summed E-state index contributed by atoms with van der Waals surface area (Å²) in [4.78, 5) is 0.233. The Hall–Kier alpha value is -2.97. The molecule has 0 aliphatic carbocycles. The first kappa shape index (κ1) is 19.8. The molecular formula is C20H21N3O4S. The van der Waals surface area contributed by atoms with Crippen molar-refractivity contribution in [1.82, 2.24) is 14.9 Å². The van der Waals surface area contributed by atoms with Crippen LogP contribution in [0.1, 0.15) is 5.56 Å². The average Bonchev–Trinajstić information content (AvgIpc) is 2.72. The first-order valence-corrected chi connectivity index (χ1v) is 10.1. The molecule has 0 aliphatic rings. The van der Waals surface area contributed by atoms with Crippen molar-refractivity contribution >= 4 is 10.0 Å². The Labute approximate surface area is 164 Å². The van der Waals surface area contributed by atoms with Gasteiger partial charge in [0.05, 0.1) is 17.7 Å². The van der Waals surface area contributed by atoms with Crippen LogP contribution in [-0.4, -0.2) is 38.9 Å². The number of hydrogen-bond acceptors (Lipinski definition) is 6. The van der Waals surface area contributed by atoms with Gasteiger partial charge in [-0.15, -0.1) is 10.2 Å². The Morgan fingerprint density at radius 3 is 2.43 bits per heavy atom. The molecule has 1 aromatic heterocycles. The van der Waals surface area contributed by atoms with Crippen molar-refractivity contribution in [2.75, 3.05) is 20.3 Å². The second-order valence-electron chi connectivity index (χ2n) is 6.05. The Balaban J connectivity index is 1.52. The Morgan fingerprint density at radius 2 is 1.79 bits per heavy atom. The van der Waals surface area contributed by atoms with Crippen molar-refractivity contribution in [1.29, 1.82) is 0 Å². The molecule has 146 valence electrons. The fraction of sp³-hybridized carbons (Fsp3) is 0.200. The van der Waals surface area contributed by atoms with Gasteiger partial charge in [-0.1, -0.05) is 12.1 Å². The van der Waals surface area contributed by atoms with Crippen molar-refractivity contribution in [3.05, 3.63) is 66.2 Å². The van der Waals surface area contributed by atoms with Crippen LogP contribution in [0.2, 0.25) is 0 Å². The summed E-state index contributed by atoms with van der Waals surface area (Å²) in [6.45, 7) is 2.11. The second kappa shape index (κ2) is 8.81. The van der Waals surface area contributed by atoms with Crippen LogP contribution in [0.3, 0.4) is 0 Å². The lowest BCUT2D eigenvalue weighted by Gasteiger charge is -2.09. The number of methoxy groups -OCH3 is 1. The molecule has 1 N–H and O–H groups in total. The molecular weight excluding hydrogens is 378 g/mol. The second-order valence-corrected chi connectivity index (χ2v) is 7.82. The number of benzene rings is 2. The molecule has 3 aromatic rings. The van der Waals surface area contributed by atoms with E-state index in [9.17, 15) is 8.42 Å². The van der Waals surface area contributed by atoms with Crippen molar-refractivity contribution < 1.29 is 17.9 Å². The zero-order chi connectivity index (χ0) is 20.0. The lowest BCUT2D eigenvalue weighted by Crippen LogP contribution is -2.28. The zero-order valence-corrected chi connectivity index (χ0v) is 16.4. The van der Waals surface area contributed by atoms with E-state index < -0.39 is 10.0 Å². The summed E-state index contributed by atoms with van der Waals surface area (Å²) in [5.41, 5.74) is 2.49. The largest absolute Gasteiger partial charge is 0.497 e.